The SMILES string of the molecule is CCOc1ccc(C(=O)OC2(C3CCOC3)CC2)cc1. The van der Waals surface area contributed by atoms with Crippen LogP contribution in [0.25, 0.3) is 0 Å². The third-order valence-corrected chi connectivity index (χ3v) is 4.11. The summed E-state index contributed by atoms with van der Waals surface area (Å²) in [6.45, 7) is 4.06. The minimum absolute atomic E-state index is 0.238. The highest BCUT2D eigenvalue weighted by Gasteiger charge is 2.54. The standard InChI is InChI=1S/C16H20O4/c1-2-19-14-5-3-12(4-6-14)15(17)20-16(8-9-16)13-7-10-18-11-13/h3-6,13H,2,7-11H2,1H3. The summed E-state index contributed by atoms with van der Waals surface area (Å²) in [4.78, 5) is 12.2. The molecule has 0 radical (unpaired) electrons. The lowest BCUT2D eigenvalue weighted by molar-refractivity contribution is 0.000835. The Labute approximate surface area is 119 Å². The van der Waals surface area contributed by atoms with Crippen LogP contribution >= 0.6 is 0 Å². The van der Waals surface area contributed by atoms with Gasteiger partial charge in [-0.2, -0.15) is 0 Å². The lowest BCUT2D eigenvalue weighted by atomic mass is 9.99. The molecule has 1 aromatic rings. The van der Waals surface area contributed by atoms with Crippen molar-refractivity contribution in [1.29, 1.82) is 0 Å². The van der Waals surface area contributed by atoms with Crippen molar-refractivity contribution < 1.29 is 19.0 Å². The summed E-state index contributed by atoms with van der Waals surface area (Å²) < 4.78 is 16.5. The topological polar surface area (TPSA) is 44.8 Å². The summed E-state index contributed by atoms with van der Waals surface area (Å²) in [5, 5.41) is 0. The van der Waals surface area contributed by atoms with Gasteiger partial charge in [-0.15, -0.1) is 0 Å². The highest BCUT2D eigenvalue weighted by Crippen LogP contribution is 2.49. The smallest absolute Gasteiger partial charge is 0.338 e. The van der Waals surface area contributed by atoms with Crippen LogP contribution in [0.1, 0.15) is 36.5 Å². The fourth-order valence-electron chi connectivity index (χ4n) is 2.76. The molecule has 1 unspecified atom stereocenters. The van der Waals surface area contributed by atoms with Crippen LogP contribution in [0.2, 0.25) is 0 Å². The van der Waals surface area contributed by atoms with Crippen molar-refractivity contribution >= 4 is 5.97 Å². The van der Waals surface area contributed by atoms with Crippen LogP contribution in [0, 0.1) is 5.92 Å². The van der Waals surface area contributed by atoms with E-state index in [1.165, 1.54) is 0 Å². The average Bonchev–Trinajstić information content (AvgIpc) is 3.03. The first kappa shape index (κ1) is 13.4. The Morgan fingerprint density at radius 1 is 1.35 bits per heavy atom. The fourth-order valence-corrected chi connectivity index (χ4v) is 2.76. The van der Waals surface area contributed by atoms with Gasteiger partial charge in [-0.25, -0.2) is 4.79 Å². The predicted molar refractivity (Wildman–Crippen MR) is 73.9 cm³/mol. The van der Waals surface area contributed by atoms with Gasteiger partial charge in [-0.3, -0.25) is 0 Å². The normalized spacial score (nSPS) is 23.4. The van der Waals surface area contributed by atoms with Crippen LogP contribution in [-0.2, 0) is 9.47 Å². The van der Waals surface area contributed by atoms with Crippen molar-refractivity contribution in [3.05, 3.63) is 29.8 Å². The molecule has 2 aliphatic rings. The van der Waals surface area contributed by atoms with E-state index in [1.807, 2.05) is 6.92 Å². The molecule has 20 heavy (non-hydrogen) atoms. The van der Waals surface area contributed by atoms with E-state index >= 15 is 0 Å². The van der Waals surface area contributed by atoms with Crippen LogP contribution in [0.5, 0.6) is 5.75 Å². The molecule has 1 aromatic carbocycles. The molecular weight excluding hydrogens is 256 g/mol. The molecule has 0 amide bonds. The molecule has 0 aromatic heterocycles. The monoisotopic (exact) mass is 276 g/mol. The Morgan fingerprint density at radius 2 is 2.10 bits per heavy atom. The molecule has 3 rings (SSSR count). The number of carbonyl (C=O) groups is 1. The van der Waals surface area contributed by atoms with E-state index in [0.717, 1.165) is 38.2 Å². The summed E-state index contributed by atoms with van der Waals surface area (Å²) in [6.07, 6.45) is 2.92. The van der Waals surface area contributed by atoms with Gasteiger partial charge in [-0.05, 0) is 50.5 Å². The third-order valence-electron chi connectivity index (χ3n) is 4.11. The number of carbonyl (C=O) groups excluding carboxylic acids is 1. The molecule has 4 nitrogen and oxygen atoms in total. The van der Waals surface area contributed by atoms with Crippen LogP contribution < -0.4 is 4.74 Å². The fraction of sp³-hybridized carbons (Fsp3) is 0.562. The molecule has 108 valence electrons. The first-order valence-corrected chi connectivity index (χ1v) is 7.27. The number of benzene rings is 1. The lowest BCUT2D eigenvalue weighted by Gasteiger charge is -2.22. The van der Waals surface area contributed by atoms with E-state index in [0.29, 0.717) is 18.1 Å². The van der Waals surface area contributed by atoms with Crippen LogP contribution in [0.4, 0.5) is 0 Å². The van der Waals surface area contributed by atoms with Gasteiger partial charge in [0, 0.05) is 12.5 Å². The molecule has 1 heterocycles. The number of ether oxygens (including phenoxy) is 3. The minimum atomic E-state index is -0.258. The molecule has 0 N–H and O–H groups in total. The highest BCUT2D eigenvalue weighted by atomic mass is 16.6. The zero-order chi connectivity index (χ0) is 14.0. The summed E-state index contributed by atoms with van der Waals surface area (Å²) in [5.41, 5.74) is 0.324. The second kappa shape index (κ2) is 5.44. The van der Waals surface area contributed by atoms with Gasteiger partial charge in [0.2, 0.25) is 0 Å². The summed E-state index contributed by atoms with van der Waals surface area (Å²) in [5.74, 6) is 0.904. The van der Waals surface area contributed by atoms with Crippen molar-refractivity contribution in [2.24, 2.45) is 5.92 Å². The lowest BCUT2D eigenvalue weighted by Crippen LogP contribution is -2.29. The maximum Gasteiger partial charge on any atom is 0.338 e. The van der Waals surface area contributed by atoms with Gasteiger partial charge in [0.1, 0.15) is 11.4 Å². The van der Waals surface area contributed by atoms with Crippen molar-refractivity contribution in [1.82, 2.24) is 0 Å². The van der Waals surface area contributed by atoms with E-state index in [-0.39, 0.29) is 11.6 Å². The van der Waals surface area contributed by atoms with E-state index in [2.05, 4.69) is 0 Å². The molecule has 0 bridgehead atoms. The molecule has 1 aliphatic heterocycles. The maximum absolute atomic E-state index is 12.2. The van der Waals surface area contributed by atoms with E-state index < -0.39 is 0 Å². The van der Waals surface area contributed by atoms with Gasteiger partial charge in [-0.1, -0.05) is 0 Å². The van der Waals surface area contributed by atoms with Crippen molar-refractivity contribution in [3.63, 3.8) is 0 Å². The first-order chi connectivity index (χ1) is 9.73. The molecule has 0 spiro atoms. The zero-order valence-electron chi connectivity index (χ0n) is 11.8. The van der Waals surface area contributed by atoms with Gasteiger partial charge >= 0.3 is 5.97 Å². The maximum atomic E-state index is 12.2. The molecule has 1 aliphatic carbocycles. The third kappa shape index (κ3) is 2.66. The Hall–Kier alpha value is -1.55. The van der Waals surface area contributed by atoms with Crippen molar-refractivity contribution in [2.75, 3.05) is 19.8 Å². The Balaban J connectivity index is 1.64. The Bertz CT molecular complexity index is 470. The Kier molecular flexibility index (Phi) is 3.66. The van der Waals surface area contributed by atoms with Gasteiger partial charge in [0.15, 0.2) is 0 Å². The van der Waals surface area contributed by atoms with E-state index in [9.17, 15) is 4.79 Å². The Morgan fingerprint density at radius 3 is 2.65 bits per heavy atom. The molecule has 1 atom stereocenters. The van der Waals surface area contributed by atoms with Crippen LogP contribution in [0.15, 0.2) is 24.3 Å². The van der Waals surface area contributed by atoms with E-state index in [4.69, 9.17) is 14.2 Å². The summed E-state index contributed by atoms with van der Waals surface area (Å²) in [6, 6.07) is 7.12. The van der Waals surface area contributed by atoms with Gasteiger partial charge in [0.05, 0.1) is 18.8 Å². The zero-order valence-corrected chi connectivity index (χ0v) is 11.8. The van der Waals surface area contributed by atoms with Crippen LogP contribution in [-0.4, -0.2) is 31.4 Å². The van der Waals surface area contributed by atoms with E-state index in [1.54, 1.807) is 24.3 Å². The summed E-state index contributed by atoms with van der Waals surface area (Å²) in [7, 11) is 0. The number of hydrogen-bond acceptors (Lipinski definition) is 4. The molecule has 2 fully saturated rings. The van der Waals surface area contributed by atoms with Gasteiger partial charge < -0.3 is 14.2 Å². The van der Waals surface area contributed by atoms with Crippen molar-refractivity contribution in [2.45, 2.75) is 31.8 Å². The summed E-state index contributed by atoms with van der Waals surface area (Å²) >= 11 is 0. The van der Waals surface area contributed by atoms with Crippen molar-refractivity contribution in [3.8, 4) is 5.75 Å². The molecule has 1 saturated carbocycles. The average molecular weight is 276 g/mol. The molecule has 1 saturated heterocycles. The number of rotatable bonds is 5. The van der Waals surface area contributed by atoms with Gasteiger partial charge in [0.25, 0.3) is 0 Å². The highest BCUT2D eigenvalue weighted by molar-refractivity contribution is 5.90. The minimum Gasteiger partial charge on any atom is -0.494 e. The van der Waals surface area contributed by atoms with Crippen LogP contribution in [0.3, 0.4) is 0 Å². The quantitative estimate of drug-likeness (QED) is 0.776. The first-order valence-electron chi connectivity index (χ1n) is 7.27. The molecule has 4 heteroatoms. The second-order valence-electron chi connectivity index (χ2n) is 5.47. The molecular formula is C16H20O4. The number of hydrogen-bond donors (Lipinski definition) is 0. The second-order valence-corrected chi connectivity index (χ2v) is 5.47. The predicted octanol–water partition coefficient (Wildman–Crippen LogP) is 2.81. The number of esters is 1. The largest absolute Gasteiger partial charge is 0.494 e.